The molecule has 0 amide bonds. The van der Waals surface area contributed by atoms with Crippen LogP contribution in [0.15, 0.2) is 23.0 Å². The number of halogens is 1. The van der Waals surface area contributed by atoms with Gasteiger partial charge in [-0.25, -0.2) is 4.98 Å². The number of nitriles is 1. The van der Waals surface area contributed by atoms with Crippen molar-refractivity contribution in [2.24, 2.45) is 0 Å². The molecular formula is C15H14ClN3O2S. The highest BCUT2D eigenvalue weighted by molar-refractivity contribution is 7.99. The van der Waals surface area contributed by atoms with Gasteiger partial charge < -0.3 is 4.98 Å². The molecule has 0 saturated carbocycles. The molecule has 0 aliphatic carbocycles. The van der Waals surface area contributed by atoms with Crippen molar-refractivity contribution in [1.82, 2.24) is 9.97 Å². The second-order valence-electron chi connectivity index (χ2n) is 4.69. The van der Waals surface area contributed by atoms with Crippen LogP contribution in [0, 0.1) is 11.3 Å². The number of carbonyl (C=O) groups is 1. The van der Waals surface area contributed by atoms with Gasteiger partial charge in [-0.05, 0) is 30.4 Å². The SMILES string of the molecule is CCCSCC(=O)C(C#N)c1nc2cc(Cl)ccc2c(=O)[nH]1. The molecule has 0 aliphatic rings. The van der Waals surface area contributed by atoms with E-state index in [1.807, 2.05) is 13.0 Å². The van der Waals surface area contributed by atoms with Crippen molar-refractivity contribution in [2.75, 3.05) is 11.5 Å². The molecule has 1 unspecified atom stereocenters. The smallest absolute Gasteiger partial charge is 0.258 e. The summed E-state index contributed by atoms with van der Waals surface area (Å²) < 4.78 is 0. The van der Waals surface area contributed by atoms with Crippen LogP contribution in [0.3, 0.4) is 0 Å². The summed E-state index contributed by atoms with van der Waals surface area (Å²) in [4.78, 5) is 30.9. The van der Waals surface area contributed by atoms with Crippen molar-refractivity contribution in [3.63, 3.8) is 0 Å². The summed E-state index contributed by atoms with van der Waals surface area (Å²) in [5.41, 5.74) is -0.00793. The Hall–Kier alpha value is -1.84. The highest BCUT2D eigenvalue weighted by Gasteiger charge is 2.23. The van der Waals surface area contributed by atoms with Gasteiger partial charge in [0.25, 0.3) is 5.56 Å². The lowest BCUT2D eigenvalue weighted by Crippen LogP contribution is -2.21. The lowest BCUT2D eigenvalue weighted by Gasteiger charge is -2.08. The second kappa shape index (κ2) is 7.43. The molecule has 114 valence electrons. The van der Waals surface area contributed by atoms with E-state index in [0.717, 1.165) is 12.2 Å². The lowest BCUT2D eigenvalue weighted by atomic mass is 10.1. The second-order valence-corrected chi connectivity index (χ2v) is 6.24. The van der Waals surface area contributed by atoms with Crippen molar-refractivity contribution in [2.45, 2.75) is 19.3 Å². The topological polar surface area (TPSA) is 86.6 Å². The van der Waals surface area contributed by atoms with Crippen LogP contribution in [-0.2, 0) is 4.79 Å². The predicted octanol–water partition coefficient (Wildman–Crippen LogP) is 2.90. The Kier molecular flexibility index (Phi) is 5.58. The number of aromatic nitrogens is 2. The number of hydrogen-bond donors (Lipinski definition) is 1. The lowest BCUT2D eigenvalue weighted by molar-refractivity contribution is -0.117. The van der Waals surface area contributed by atoms with E-state index >= 15 is 0 Å². The maximum absolute atomic E-state index is 12.1. The van der Waals surface area contributed by atoms with Gasteiger partial charge in [0.1, 0.15) is 5.82 Å². The molecule has 1 atom stereocenters. The van der Waals surface area contributed by atoms with Gasteiger partial charge in [0.2, 0.25) is 0 Å². The first kappa shape index (κ1) is 16.5. The van der Waals surface area contributed by atoms with Gasteiger partial charge in [-0.1, -0.05) is 18.5 Å². The van der Waals surface area contributed by atoms with Crippen molar-refractivity contribution in [1.29, 1.82) is 5.26 Å². The van der Waals surface area contributed by atoms with Crippen LogP contribution in [0.25, 0.3) is 10.9 Å². The van der Waals surface area contributed by atoms with E-state index in [4.69, 9.17) is 11.6 Å². The third-order valence-corrected chi connectivity index (χ3v) is 4.42. The molecule has 22 heavy (non-hydrogen) atoms. The molecule has 1 aromatic heterocycles. The molecule has 2 rings (SSSR count). The van der Waals surface area contributed by atoms with Gasteiger partial charge in [0.15, 0.2) is 11.7 Å². The molecule has 0 fully saturated rings. The number of nitrogens with one attached hydrogen (secondary N) is 1. The van der Waals surface area contributed by atoms with Crippen molar-refractivity contribution >= 4 is 40.0 Å². The third-order valence-electron chi connectivity index (χ3n) is 3.00. The van der Waals surface area contributed by atoms with E-state index in [9.17, 15) is 14.9 Å². The zero-order valence-corrected chi connectivity index (χ0v) is 13.5. The van der Waals surface area contributed by atoms with Crippen molar-refractivity contribution in [3.8, 4) is 6.07 Å². The number of Topliss-reactive ketones (excluding diaryl/α,β-unsaturated/α-hetero) is 1. The van der Waals surface area contributed by atoms with Crippen LogP contribution in [-0.4, -0.2) is 27.3 Å². The maximum Gasteiger partial charge on any atom is 0.258 e. The van der Waals surface area contributed by atoms with E-state index in [1.165, 1.54) is 11.8 Å². The maximum atomic E-state index is 12.1. The molecule has 0 aliphatic heterocycles. The Morgan fingerprint density at radius 3 is 3.00 bits per heavy atom. The van der Waals surface area contributed by atoms with E-state index in [1.54, 1.807) is 18.2 Å². The summed E-state index contributed by atoms with van der Waals surface area (Å²) in [6.07, 6.45) is 0.957. The summed E-state index contributed by atoms with van der Waals surface area (Å²) in [7, 11) is 0. The monoisotopic (exact) mass is 335 g/mol. The normalized spacial score (nSPS) is 12.0. The molecule has 1 aromatic carbocycles. The van der Waals surface area contributed by atoms with E-state index in [0.29, 0.717) is 15.9 Å². The highest BCUT2D eigenvalue weighted by Crippen LogP contribution is 2.19. The predicted molar refractivity (Wildman–Crippen MR) is 88.4 cm³/mol. The number of benzene rings is 1. The number of rotatable bonds is 6. The first-order valence-corrected chi connectivity index (χ1v) is 8.29. The summed E-state index contributed by atoms with van der Waals surface area (Å²) in [6.45, 7) is 2.02. The number of H-pyrrole nitrogens is 1. The van der Waals surface area contributed by atoms with Crippen LogP contribution in [0.1, 0.15) is 25.1 Å². The summed E-state index contributed by atoms with van der Waals surface area (Å²) >= 11 is 7.36. The van der Waals surface area contributed by atoms with Crippen LogP contribution < -0.4 is 5.56 Å². The van der Waals surface area contributed by atoms with Crippen molar-refractivity contribution in [3.05, 3.63) is 39.4 Å². The molecule has 0 radical (unpaired) electrons. The minimum absolute atomic E-state index is 0.0735. The van der Waals surface area contributed by atoms with Crippen LogP contribution in [0.4, 0.5) is 0 Å². The van der Waals surface area contributed by atoms with Crippen LogP contribution in [0.5, 0.6) is 0 Å². The van der Waals surface area contributed by atoms with Crippen LogP contribution in [0.2, 0.25) is 5.02 Å². The number of nitrogens with zero attached hydrogens (tertiary/aromatic N) is 2. The Morgan fingerprint density at radius 1 is 1.55 bits per heavy atom. The molecule has 0 saturated heterocycles. The first-order chi connectivity index (χ1) is 10.6. The molecule has 0 spiro atoms. The number of aromatic amines is 1. The molecule has 2 aromatic rings. The number of carbonyl (C=O) groups excluding carboxylic acids is 1. The minimum atomic E-state index is -1.07. The van der Waals surface area contributed by atoms with Gasteiger partial charge in [-0.3, -0.25) is 9.59 Å². The summed E-state index contributed by atoms with van der Waals surface area (Å²) in [5.74, 6) is -0.180. The van der Waals surface area contributed by atoms with Crippen LogP contribution >= 0.6 is 23.4 Å². The summed E-state index contributed by atoms with van der Waals surface area (Å²) in [5, 5.41) is 10.1. The van der Waals surface area contributed by atoms with Gasteiger partial charge in [0.05, 0.1) is 22.7 Å². The van der Waals surface area contributed by atoms with E-state index in [2.05, 4.69) is 9.97 Å². The largest absolute Gasteiger partial charge is 0.308 e. The van der Waals surface area contributed by atoms with Gasteiger partial charge in [0, 0.05) is 5.02 Å². The Bertz CT molecular complexity index is 797. The van der Waals surface area contributed by atoms with Crippen molar-refractivity contribution < 1.29 is 4.79 Å². The molecule has 7 heteroatoms. The molecule has 1 heterocycles. The number of thioether (sulfide) groups is 1. The molecule has 1 N–H and O–H groups in total. The third kappa shape index (κ3) is 3.67. The Balaban J connectivity index is 2.37. The minimum Gasteiger partial charge on any atom is -0.308 e. The van der Waals surface area contributed by atoms with Gasteiger partial charge in [-0.2, -0.15) is 17.0 Å². The standard InChI is InChI=1S/C15H14ClN3O2S/c1-2-5-22-8-13(20)11(7-17)14-18-12-6-9(16)3-4-10(12)15(21)19-14/h3-4,6,11H,2,5,8H2,1H3,(H,18,19,21). The number of fused-ring (bicyclic) bond motifs is 1. The average Bonchev–Trinajstić information content (AvgIpc) is 2.47. The van der Waals surface area contributed by atoms with E-state index in [-0.39, 0.29) is 22.9 Å². The first-order valence-electron chi connectivity index (χ1n) is 6.76. The fourth-order valence-electron chi connectivity index (χ4n) is 1.95. The molecule has 5 nitrogen and oxygen atoms in total. The number of ketones is 1. The molecule has 0 bridgehead atoms. The Morgan fingerprint density at radius 2 is 2.32 bits per heavy atom. The average molecular weight is 336 g/mol. The zero-order valence-electron chi connectivity index (χ0n) is 11.9. The van der Waals surface area contributed by atoms with Gasteiger partial charge >= 0.3 is 0 Å². The quantitative estimate of drug-likeness (QED) is 0.820. The van der Waals surface area contributed by atoms with E-state index < -0.39 is 5.92 Å². The zero-order chi connectivity index (χ0) is 16.1. The highest BCUT2D eigenvalue weighted by atomic mass is 35.5. The fraction of sp³-hybridized carbons (Fsp3) is 0.333. The summed E-state index contributed by atoms with van der Waals surface area (Å²) in [6, 6.07) is 6.62. The fourth-order valence-corrected chi connectivity index (χ4v) is 2.92. The molecular weight excluding hydrogens is 322 g/mol. The van der Waals surface area contributed by atoms with Gasteiger partial charge in [-0.15, -0.1) is 0 Å². The Labute approximate surface area is 136 Å². The number of hydrogen-bond acceptors (Lipinski definition) is 5.